The van der Waals surface area contributed by atoms with Gasteiger partial charge in [0.2, 0.25) is 5.91 Å². The van der Waals surface area contributed by atoms with Crippen LogP contribution in [0.2, 0.25) is 5.02 Å². The van der Waals surface area contributed by atoms with E-state index in [9.17, 15) is 9.59 Å². The standard InChI is InChI=1S/C29H27ClN2O2/c1-3-27(34)32-25-11-7-6-10-23(25)31-24-16-20(21-8-4-5-9-22(21)30)17-26(33)28(24)29(32)19-14-12-18(2)13-15-19/h4-15,20,29,31H,3,16-17H2,1-2H3/t20-,29+/m0/s1. The average molecular weight is 471 g/mol. The molecule has 0 bridgehead atoms. The highest BCUT2D eigenvalue weighted by Crippen LogP contribution is 2.48. The number of hydrogen-bond acceptors (Lipinski definition) is 3. The van der Waals surface area contributed by atoms with Crippen molar-refractivity contribution < 1.29 is 9.59 Å². The Morgan fingerprint density at radius 2 is 1.71 bits per heavy atom. The summed E-state index contributed by atoms with van der Waals surface area (Å²) in [5.41, 5.74) is 6.21. The number of aryl methyl sites for hydroxylation is 1. The van der Waals surface area contributed by atoms with Gasteiger partial charge in [0.15, 0.2) is 5.78 Å². The van der Waals surface area contributed by atoms with Crippen molar-refractivity contribution in [3.63, 3.8) is 0 Å². The van der Waals surface area contributed by atoms with Crippen molar-refractivity contribution in [2.45, 2.75) is 45.1 Å². The number of hydrogen-bond donors (Lipinski definition) is 1. The van der Waals surface area contributed by atoms with E-state index in [1.165, 1.54) is 0 Å². The Morgan fingerprint density at radius 1 is 1.00 bits per heavy atom. The summed E-state index contributed by atoms with van der Waals surface area (Å²) in [7, 11) is 0. The Kier molecular flexibility index (Phi) is 6.01. The number of rotatable bonds is 3. The van der Waals surface area contributed by atoms with Crippen molar-refractivity contribution in [2.24, 2.45) is 0 Å². The highest BCUT2D eigenvalue weighted by Gasteiger charge is 2.41. The summed E-state index contributed by atoms with van der Waals surface area (Å²) in [6, 6.07) is 23.2. The van der Waals surface area contributed by atoms with Crippen molar-refractivity contribution in [1.82, 2.24) is 0 Å². The summed E-state index contributed by atoms with van der Waals surface area (Å²) in [6.07, 6.45) is 1.35. The number of anilines is 2. The van der Waals surface area contributed by atoms with Gasteiger partial charge in [0, 0.05) is 29.1 Å². The maximum absolute atomic E-state index is 13.9. The van der Waals surface area contributed by atoms with Crippen molar-refractivity contribution in [2.75, 3.05) is 10.2 Å². The maximum atomic E-state index is 13.9. The first-order valence-corrected chi connectivity index (χ1v) is 12.1. The van der Waals surface area contributed by atoms with Gasteiger partial charge in [0.25, 0.3) is 0 Å². The summed E-state index contributed by atoms with van der Waals surface area (Å²) in [5.74, 6) is 0.00672. The summed E-state index contributed by atoms with van der Waals surface area (Å²) in [6.45, 7) is 3.90. The molecule has 0 unspecified atom stereocenters. The zero-order valence-electron chi connectivity index (χ0n) is 19.3. The minimum Gasteiger partial charge on any atom is -0.357 e. The van der Waals surface area contributed by atoms with Gasteiger partial charge in [0.1, 0.15) is 0 Å². The highest BCUT2D eigenvalue weighted by atomic mass is 35.5. The van der Waals surface area contributed by atoms with Crippen LogP contribution in [0.15, 0.2) is 84.1 Å². The van der Waals surface area contributed by atoms with Gasteiger partial charge in [-0.05, 0) is 48.6 Å². The Hall–Kier alpha value is -3.37. The summed E-state index contributed by atoms with van der Waals surface area (Å²) < 4.78 is 0. The second kappa shape index (κ2) is 9.11. The van der Waals surface area contributed by atoms with Crippen LogP contribution in [0, 0.1) is 6.92 Å². The number of amides is 1. The normalized spacial score (nSPS) is 19.7. The number of allylic oxidation sites excluding steroid dienone is 1. The number of ketones is 1. The molecule has 34 heavy (non-hydrogen) atoms. The molecule has 1 amide bonds. The predicted octanol–water partition coefficient (Wildman–Crippen LogP) is 6.96. The minimum absolute atomic E-state index is 0.0189. The number of halogens is 1. The fourth-order valence-electron chi connectivity index (χ4n) is 5.13. The molecule has 3 aromatic rings. The van der Waals surface area contributed by atoms with Gasteiger partial charge in [0.05, 0.1) is 17.4 Å². The fourth-order valence-corrected chi connectivity index (χ4v) is 5.42. The van der Waals surface area contributed by atoms with Crippen LogP contribution in [0.1, 0.15) is 54.8 Å². The topological polar surface area (TPSA) is 49.4 Å². The summed E-state index contributed by atoms with van der Waals surface area (Å²) in [4.78, 5) is 29.1. The Bertz CT molecular complexity index is 1300. The molecule has 3 aromatic carbocycles. The number of benzene rings is 3. The third kappa shape index (κ3) is 3.92. The first kappa shape index (κ1) is 22.4. The van der Waals surface area contributed by atoms with Crippen LogP contribution in [-0.2, 0) is 9.59 Å². The van der Waals surface area contributed by atoms with E-state index in [0.717, 1.165) is 33.8 Å². The van der Waals surface area contributed by atoms with Crippen molar-refractivity contribution in [1.29, 1.82) is 0 Å². The number of nitrogens with one attached hydrogen (secondary N) is 1. The van der Waals surface area contributed by atoms with E-state index in [1.807, 2.05) is 91.5 Å². The maximum Gasteiger partial charge on any atom is 0.227 e. The minimum atomic E-state index is -0.487. The lowest BCUT2D eigenvalue weighted by Crippen LogP contribution is -2.38. The molecule has 0 fully saturated rings. The number of carbonyl (C=O) groups excluding carboxylic acids is 2. The van der Waals surface area contributed by atoms with E-state index in [4.69, 9.17) is 11.6 Å². The molecular formula is C29H27ClN2O2. The summed E-state index contributed by atoms with van der Waals surface area (Å²) in [5, 5.41) is 4.23. The summed E-state index contributed by atoms with van der Waals surface area (Å²) >= 11 is 6.52. The van der Waals surface area contributed by atoms with E-state index in [1.54, 1.807) is 0 Å². The first-order valence-electron chi connectivity index (χ1n) is 11.7. The lowest BCUT2D eigenvalue weighted by Gasteiger charge is -2.35. The van der Waals surface area contributed by atoms with E-state index in [2.05, 4.69) is 5.32 Å². The van der Waals surface area contributed by atoms with Crippen LogP contribution in [0.25, 0.3) is 0 Å². The largest absolute Gasteiger partial charge is 0.357 e. The van der Waals surface area contributed by atoms with Crippen LogP contribution < -0.4 is 10.2 Å². The fraction of sp³-hybridized carbons (Fsp3) is 0.241. The van der Waals surface area contributed by atoms with Gasteiger partial charge in [-0.15, -0.1) is 0 Å². The quantitative estimate of drug-likeness (QED) is 0.450. The zero-order chi connectivity index (χ0) is 23.8. The van der Waals surface area contributed by atoms with E-state index in [-0.39, 0.29) is 17.6 Å². The molecule has 1 aliphatic carbocycles. The van der Waals surface area contributed by atoms with Gasteiger partial charge in [-0.1, -0.05) is 78.7 Å². The van der Waals surface area contributed by atoms with Crippen molar-refractivity contribution in [3.05, 3.63) is 106 Å². The number of carbonyl (C=O) groups is 2. The predicted molar refractivity (Wildman–Crippen MR) is 137 cm³/mol. The van der Waals surface area contributed by atoms with Gasteiger partial charge in [-0.3, -0.25) is 14.5 Å². The smallest absolute Gasteiger partial charge is 0.227 e. The zero-order valence-corrected chi connectivity index (χ0v) is 20.1. The van der Waals surface area contributed by atoms with Crippen molar-refractivity contribution >= 4 is 34.7 Å². The van der Waals surface area contributed by atoms with Crippen LogP contribution in [0.3, 0.4) is 0 Å². The molecule has 2 aliphatic rings. The molecule has 0 saturated heterocycles. The monoisotopic (exact) mass is 470 g/mol. The van der Waals surface area contributed by atoms with Crippen LogP contribution in [0.5, 0.6) is 0 Å². The molecule has 0 saturated carbocycles. The number of fused-ring (bicyclic) bond motifs is 1. The Labute approximate surface area is 205 Å². The third-order valence-corrected chi connectivity index (χ3v) is 7.14. The third-order valence-electron chi connectivity index (χ3n) is 6.80. The Morgan fingerprint density at radius 3 is 2.44 bits per heavy atom. The molecule has 0 spiro atoms. The molecular weight excluding hydrogens is 444 g/mol. The Balaban J connectivity index is 1.71. The lowest BCUT2D eigenvalue weighted by atomic mass is 9.78. The molecule has 0 aromatic heterocycles. The van der Waals surface area contributed by atoms with Crippen LogP contribution >= 0.6 is 11.6 Å². The second-order valence-electron chi connectivity index (χ2n) is 9.01. The molecule has 1 N–H and O–H groups in total. The first-order chi connectivity index (χ1) is 16.5. The molecule has 0 radical (unpaired) electrons. The number of para-hydroxylation sites is 2. The molecule has 1 heterocycles. The molecule has 4 nitrogen and oxygen atoms in total. The van der Waals surface area contributed by atoms with E-state index >= 15 is 0 Å². The average Bonchev–Trinajstić information content (AvgIpc) is 2.99. The lowest BCUT2D eigenvalue weighted by molar-refractivity contribution is -0.119. The van der Waals surface area contributed by atoms with Gasteiger partial charge >= 0.3 is 0 Å². The molecule has 2 atom stereocenters. The van der Waals surface area contributed by atoms with Crippen LogP contribution in [-0.4, -0.2) is 11.7 Å². The molecule has 5 heteroatoms. The molecule has 1 aliphatic heterocycles. The van der Waals surface area contributed by atoms with Gasteiger partial charge in [-0.2, -0.15) is 0 Å². The number of Topliss-reactive ketones (excluding diaryl/α,β-unsaturated/α-hetero) is 1. The van der Waals surface area contributed by atoms with E-state index in [0.29, 0.717) is 29.9 Å². The highest BCUT2D eigenvalue weighted by molar-refractivity contribution is 6.31. The molecule has 5 rings (SSSR count). The van der Waals surface area contributed by atoms with Gasteiger partial charge < -0.3 is 5.32 Å². The number of nitrogens with zero attached hydrogens (tertiary/aromatic N) is 1. The molecule has 172 valence electrons. The SMILES string of the molecule is CCC(=O)N1c2ccccc2NC2=C(C(=O)C[C@@H](c3ccccc3Cl)C2)[C@H]1c1ccc(C)cc1. The van der Waals surface area contributed by atoms with Crippen LogP contribution in [0.4, 0.5) is 11.4 Å². The van der Waals surface area contributed by atoms with Crippen molar-refractivity contribution in [3.8, 4) is 0 Å². The van der Waals surface area contributed by atoms with E-state index < -0.39 is 6.04 Å². The van der Waals surface area contributed by atoms with Gasteiger partial charge in [-0.25, -0.2) is 0 Å². The second-order valence-corrected chi connectivity index (χ2v) is 9.42.